The van der Waals surface area contributed by atoms with Crippen LogP contribution in [0.5, 0.6) is 0 Å². The van der Waals surface area contributed by atoms with E-state index in [0.717, 1.165) is 39.4 Å². The topological polar surface area (TPSA) is 8.17 Å². The van der Waals surface area contributed by atoms with Gasteiger partial charge in [0.15, 0.2) is 0 Å². The number of rotatable bonds is 9. The van der Waals surface area contributed by atoms with Crippen molar-refractivity contribution in [1.82, 2.24) is 4.57 Å². The number of anilines is 3. The van der Waals surface area contributed by atoms with Gasteiger partial charge < -0.3 is 9.47 Å². The molecule has 11 rings (SSSR count). The Kier molecular flexibility index (Phi) is 9.57. The van der Waals surface area contributed by atoms with E-state index in [-0.39, 0.29) is 0 Å². The van der Waals surface area contributed by atoms with E-state index in [1.807, 2.05) is 0 Å². The highest BCUT2D eigenvalue weighted by molar-refractivity contribution is 6.11. The van der Waals surface area contributed by atoms with Crippen LogP contribution in [-0.2, 0) is 0 Å². The van der Waals surface area contributed by atoms with Gasteiger partial charge in [0.2, 0.25) is 0 Å². The minimum Gasteiger partial charge on any atom is -0.310 e. The molecule has 0 aliphatic rings. The van der Waals surface area contributed by atoms with Crippen LogP contribution in [-0.4, -0.2) is 4.57 Å². The lowest BCUT2D eigenvalue weighted by atomic mass is 9.95. The first-order chi connectivity index (χ1) is 30.8. The van der Waals surface area contributed by atoms with E-state index in [4.69, 9.17) is 0 Å². The molecule has 0 saturated heterocycles. The van der Waals surface area contributed by atoms with Crippen molar-refractivity contribution in [2.75, 3.05) is 4.90 Å². The Morgan fingerprint density at radius 3 is 1.32 bits per heavy atom. The fourth-order valence-electron chi connectivity index (χ4n) is 9.00. The number of nitrogens with zero attached hydrogens (tertiary/aromatic N) is 2. The highest BCUT2D eigenvalue weighted by Crippen LogP contribution is 2.45. The number of fused-ring (bicyclic) bond motifs is 3. The minimum absolute atomic E-state index is 1.08. The lowest BCUT2D eigenvalue weighted by Gasteiger charge is -2.28. The predicted octanol–water partition coefficient (Wildman–Crippen LogP) is 16.6. The monoisotopic (exact) mass is 790 g/mol. The molecule has 0 saturated carbocycles. The number of benzene rings is 10. The number of aromatic nitrogens is 1. The highest BCUT2D eigenvalue weighted by Gasteiger charge is 2.22. The molecule has 0 spiro atoms. The van der Waals surface area contributed by atoms with Crippen LogP contribution < -0.4 is 4.90 Å². The maximum Gasteiger partial charge on any atom is 0.0562 e. The van der Waals surface area contributed by atoms with Gasteiger partial charge in [-0.1, -0.05) is 200 Å². The molecule has 1 aromatic heterocycles. The zero-order valence-electron chi connectivity index (χ0n) is 34.1. The first-order valence-electron chi connectivity index (χ1n) is 21.3. The van der Waals surface area contributed by atoms with E-state index in [0.29, 0.717) is 0 Å². The van der Waals surface area contributed by atoms with Gasteiger partial charge in [0.1, 0.15) is 0 Å². The van der Waals surface area contributed by atoms with Gasteiger partial charge in [-0.25, -0.2) is 0 Å². The molecule has 1 heterocycles. The van der Waals surface area contributed by atoms with Crippen LogP contribution in [0.25, 0.3) is 83.1 Å². The Morgan fingerprint density at radius 1 is 0.258 bits per heavy atom. The molecule has 0 unspecified atom stereocenters. The van der Waals surface area contributed by atoms with Crippen molar-refractivity contribution < 1.29 is 0 Å². The summed E-state index contributed by atoms with van der Waals surface area (Å²) < 4.78 is 2.47. The Hall–Kier alpha value is -8.20. The smallest absolute Gasteiger partial charge is 0.0562 e. The van der Waals surface area contributed by atoms with Gasteiger partial charge >= 0.3 is 0 Å². The molecule has 0 bridgehead atoms. The van der Waals surface area contributed by atoms with Crippen molar-refractivity contribution in [3.8, 4) is 61.3 Å². The molecule has 0 atom stereocenters. The normalized spacial score (nSPS) is 11.2. The van der Waals surface area contributed by atoms with Gasteiger partial charge in [-0.05, 0) is 99.1 Å². The molecule has 62 heavy (non-hydrogen) atoms. The second kappa shape index (κ2) is 16.1. The van der Waals surface area contributed by atoms with Crippen molar-refractivity contribution in [2.45, 2.75) is 0 Å². The third-order valence-corrected chi connectivity index (χ3v) is 12.0. The molecule has 0 radical (unpaired) electrons. The van der Waals surface area contributed by atoms with E-state index in [1.54, 1.807) is 0 Å². The molecule has 2 nitrogen and oxygen atoms in total. The van der Waals surface area contributed by atoms with Crippen LogP contribution in [0, 0.1) is 0 Å². The lowest BCUT2D eigenvalue weighted by Crippen LogP contribution is -2.11. The summed E-state index contributed by atoms with van der Waals surface area (Å²) >= 11 is 0. The van der Waals surface area contributed by atoms with E-state index >= 15 is 0 Å². The van der Waals surface area contributed by atoms with Crippen LogP contribution in [0.15, 0.2) is 255 Å². The molecule has 292 valence electrons. The summed E-state index contributed by atoms with van der Waals surface area (Å²) in [6, 6.07) is 92.1. The Labute approximate surface area is 362 Å². The van der Waals surface area contributed by atoms with E-state index in [1.165, 1.54) is 60.8 Å². The lowest BCUT2D eigenvalue weighted by molar-refractivity contribution is 1.18. The van der Waals surface area contributed by atoms with Crippen molar-refractivity contribution >= 4 is 38.9 Å². The van der Waals surface area contributed by atoms with Crippen molar-refractivity contribution in [3.63, 3.8) is 0 Å². The maximum absolute atomic E-state index is 2.47. The summed E-state index contributed by atoms with van der Waals surface area (Å²) in [5.41, 5.74) is 18.5. The largest absolute Gasteiger partial charge is 0.310 e. The Bertz CT molecular complexity index is 3300. The standard InChI is InChI=1S/C60H42N2/c1-6-18-43(19-7-1)45-30-32-46(33-31-45)50-34-38-58(55(41-50)47-22-10-3-11-23-47)61(51-26-14-5-15-27-51)52-36-37-54-53-28-16-17-29-57(53)62(60(54)42-52)59-39-35-49(44-20-8-2-9-21-44)40-56(59)48-24-12-4-13-25-48/h1-42H. The number of hydrogen-bond donors (Lipinski definition) is 0. The predicted molar refractivity (Wildman–Crippen MR) is 263 cm³/mol. The molecule has 10 aromatic carbocycles. The van der Waals surface area contributed by atoms with Crippen LogP contribution in [0.1, 0.15) is 0 Å². The molecule has 11 aromatic rings. The quantitative estimate of drug-likeness (QED) is 0.141. The minimum atomic E-state index is 1.08. The molecular weight excluding hydrogens is 749 g/mol. The third-order valence-electron chi connectivity index (χ3n) is 12.0. The zero-order valence-corrected chi connectivity index (χ0v) is 34.1. The summed E-state index contributed by atoms with van der Waals surface area (Å²) in [5.74, 6) is 0. The fourth-order valence-corrected chi connectivity index (χ4v) is 9.00. The van der Waals surface area contributed by atoms with Crippen molar-refractivity contribution in [1.29, 1.82) is 0 Å². The molecule has 0 fully saturated rings. The Balaban J connectivity index is 1.11. The number of hydrogen-bond acceptors (Lipinski definition) is 1. The van der Waals surface area contributed by atoms with E-state index in [9.17, 15) is 0 Å². The SMILES string of the molecule is c1ccc(-c2ccc(-c3ccc(N(c4ccccc4)c4ccc5c6ccccc6n(-c6ccc(-c7ccccc7)cc6-c6ccccc6)c5c4)c(-c4ccccc4)c3)cc2)cc1. The van der Waals surface area contributed by atoms with Crippen LogP contribution >= 0.6 is 0 Å². The summed E-state index contributed by atoms with van der Waals surface area (Å²) in [4.78, 5) is 2.42. The van der Waals surface area contributed by atoms with Crippen LogP contribution in [0.2, 0.25) is 0 Å². The van der Waals surface area contributed by atoms with E-state index < -0.39 is 0 Å². The number of para-hydroxylation sites is 2. The van der Waals surface area contributed by atoms with Gasteiger partial charge in [0, 0.05) is 33.3 Å². The first-order valence-corrected chi connectivity index (χ1v) is 21.3. The van der Waals surface area contributed by atoms with E-state index in [2.05, 4.69) is 264 Å². The fraction of sp³-hybridized carbons (Fsp3) is 0. The van der Waals surface area contributed by atoms with Gasteiger partial charge in [0.05, 0.1) is 22.4 Å². The third kappa shape index (κ3) is 6.84. The maximum atomic E-state index is 2.47. The van der Waals surface area contributed by atoms with Crippen molar-refractivity contribution in [3.05, 3.63) is 255 Å². The molecule has 0 N–H and O–H groups in total. The summed E-state index contributed by atoms with van der Waals surface area (Å²) in [6.45, 7) is 0. The molecule has 0 amide bonds. The molecular formula is C60H42N2. The second-order valence-corrected chi connectivity index (χ2v) is 15.7. The summed E-state index contributed by atoms with van der Waals surface area (Å²) in [5, 5.41) is 2.43. The van der Waals surface area contributed by atoms with Crippen LogP contribution in [0.4, 0.5) is 17.1 Å². The van der Waals surface area contributed by atoms with Gasteiger partial charge in [-0.3, -0.25) is 0 Å². The van der Waals surface area contributed by atoms with Crippen molar-refractivity contribution in [2.24, 2.45) is 0 Å². The van der Waals surface area contributed by atoms with Gasteiger partial charge in [-0.2, -0.15) is 0 Å². The van der Waals surface area contributed by atoms with Gasteiger partial charge in [-0.15, -0.1) is 0 Å². The average Bonchev–Trinajstić information content (AvgIpc) is 3.69. The average molecular weight is 791 g/mol. The second-order valence-electron chi connectivity index (χ2n) is 15.7. The Morgan fingerprint density at radius 2 is 0.694 bits per heavy atom. The molecule has 0 aliphatic heterocycles. The summed E-state index contributed by atoms with van der Waals surface area (Å²) in [6.07, 6.45) is 0. The first kappa shape index (κ1) is 36.8. The zero-order chi connectivity index (χ0) is 41.2. The summed E-state index contributed by atoms with van der Waals surface area (Å²) in [7, 11) is 0. The molecule has 0 aliphatic carbocycles. The van der Waals surface area contributed by atoms with Gasteiger partial charge in [0.25, 0.3) is 0 Å². The highest BCUT2D eigenvalue weighted by atomic mass is 15.1. The van der Waals surface area contributed by atoms with Crippen LogP contribution in [0.3, 0.4) is 0 Å². The molecule has 2 heteroatoms.